The van der Waals surface area contributed by atoms with Gasteiger partial charge in [0.05, 0.1) is 0 Å². The van der Waals surface area contributed by atoms with Crippen LogP contribution in [0.3, 0.4) is 0 Å². The molecule has 0 saturated carbocycles. The van der Waals surface area contributed by atoms with Gasteiger partial charge in [-0.05, 0) is 73.2 Å². The minimum Gasteiger partial charge on any atom is -0.354 e. The van der Waals surface area contributed by atoms with Crippen LogP contribution < -0.4 is 0 Å². The van der Waals surface area contributed by atoms with Crippen molar-refractivity contribution in [3.05, 3.63) is 57.7 Å². The normalized spacial score (nSPS) is 41.6. The summed E-state index contributed by atoms with van der Waals surface area (Å²) in [6, 6.07) is 0. The Kier molecular flexibility index (Phi) is 1.67. The van der Waals surface area contributed by atoms with Crippen LogP contribution in [0.25, 0.3) is 0 Å². The summed E-state index contributed by atoms with van der Waals surface area (Å²) in [4.78, 5) is 0. The summed E-state index contributed by atoms with van der Waals surface area (Å²) in [5, 5.41) is 0. The predicted molar refractivity (Wildman–Crippen MR) is 76.6 cm³/mol. The molecule has 4 bridgehead atoms. The Hall–Kier alpha value is -1.38. The molecule has 4 aliphatic heterocycles. The molecular formula is C18H18O2. The van der Waals surface area contributed by atoms with E-state index in [1.807, 2.05) is 0 Å². The third-order valence-electron chi connectivity index (χ3n) is 5.58. The van der Waals surface area contributed by atoms with Gasteiger partial charge in [0.25, 0.3) is 0 Å². The Morgan fingerprint density at radius 2 is 1.20 bits per heavy atom. The van der Waals surface area contributed by atoms with Crippen molar-refractivity contribution >= 4 is 0 Å². The Bertz CT molecular complexity index is 679. The van der Waals surface area contributed by atoms with Crippen LogP contribution in [-0.2, 0) is 20.7 Å². The van der Waals surface area contributed by atoms with Gasteiger partial charge in [0.2, 0.25) is 0 Å². The van der Waals surface area contributed by atoms with Gasteiger partial charge >= 0.3 is 0 Å². The molecule has 0 fully saturated rings. The molecule has 102 valence electrons. The van der Waals surface area contributed by atoms with Gasteiger partial charge in [-0.1, -0.05) is 12.2 Å². The zero-order valence-corrected chi connectivity index (χ0v) is 12.3. The lowest BCUT2D eigenvalue weighted by atomic mass is 9.74. The Morgan fingerprint density at radius 1 is 0.800 bits per heavy atom. The summed E-state index contributed by atoms with van der Waals surface area (Å²) < 4.78 is 12.4. The summed E-state index contributed by atoms with van der Waals surface area (Å²) in [7, 11) is 0. The smallest absolute Gasteiger partial charge is 0.110 e. The van der Waals surface area contributed by atoms with E-state index in [1.54, 1.807) is 0 Å². The number of fused-ring (bicyclic) bond motifs is 10. The van der Waals surface area contributed by atoms with Gasteiger partial charge in [-0.25, -0.2) is 0 Å². The minimum atomic E-state index is -0.240. The monoisotopic (exact) mass is 266 g/mol. The van der Waals surface area contributed by atoms with Crippen LogP contribution in [0.15, 0.2) is 24.3 Å². The van der Waals surface area contributed by atoms with Gasteiger partial charge in [0.1, 0.15) is 23.4 Å². The van der Waals surface area contributed by atoms with E-state index in [-0.39, 0.29) is 23.4 Å². The number of ether oxygens (including phenoxy) is 2. The zero-order valence-electron chi connectivity index (χ0n) is 12.3. The number of benzene rings is 1. The van der Waals surface area contributed by atoms with E-state index in [0.717, 1.165) is 0 Å². The maximum Gasteiger partial charge on any atom is 0.110 e. The molecule has 2 nitrogen and oxygen atoms in total. The fraction of sp³-hybridized carbons (Fsp3) is 0.444. The summed E-state index contributed by atoms with van der Waals surface area (Å²) in [6.45, 7) is 8.84. The second-order valence-corrected chi connectivity index (χ2v) is 6.84. The highest BCUT2D eigenvalue weighted by Gasteiger charge is 2.52. The third-order valence-corrected chi connectivity index (χ3v) is 5.58. The van der Waals surface area contributed by atoms with Crippen LogP contribution in [0, 0.1) is 13.8 Å². The molecular weight excluding hydrogens is 248 g/mol. The van der Waals surface area contributed by atoms with E-state index in [0.29, 0.717) is 0 Å². The van der Waals surface area contributed by atoms with E-state index >= 15 is 0 Å². The average Bonchev–Trinajstić information content (AvgIpc) is 3.09. The van der Waals surface area contributed by atoms with Crippen molar-refractivity contribution in [2.75, 3.05) is 0 Å². The van der Waals surface area contributed by atoms with E-state index in [1.165, 1.54) is 33.4 Å². The lowest BCUT2D eigenvalue weighted by Gasteiger charge is -2.28. The van der Waals surface area contributed by atoms with Crippen LogP contribution in [-0.4, -0.2) is 0 Å². The van der Waals surface area contributed by atoms with Gasteiger partial charge in [0.15, 0.2) is 0 Å². The SMILES string of the molecule is Cc1c2c(c(C)c3c1[C@@]1(C)C=C[C@H]3O1)[C@@]1(C)C=C[C@H]2O1. The van der Waals surface area contributed by atoms with E-state index in [9.17, 15) is 0 Å². The average molecular weight is 266 g/mol. The first-order chi connectivity index (χ1) is 9.45. The fourth-order valence-electron chi connectivity index (χ4n) is 4.86. The highest BCUT2D eigenvalue weighted by Crippen LogP contribution is 2.60. The molecule has 4 aliphatic rings. The highest BCUT2D eigenvalue weighted by atomic mass is 16.5. The molecule has 4 heterocycles. The first kappa shape index (κ1) is 11.3. The number of hydrogen-bond donors (Lipinski definition) is 0. The first-order valence-electron chi connectivity index (χ1n) is 7.37. The second kappa shape index (κ2) is 2.95. The van der Waals surface area contributed by atoms with Gasteiger partial charge in [-0.15, -0.1) is 0 Å². The third kappa shape index (κ3) is 0.971. The first-order valence-corrected chi connectivity index (χ1v) is 7.37. The molecule has 20 heavy (non-hydrogen) atoms. The minimum absolute atomic E-state index is 0.130. The summed E-state index contributed by atoms with van der Waals surface area (Å²) in [5.41, 5.74) is 7.80. The molecule has 0 amide bonds. The topological polar surface area (TPSA) is 18.5 Å². The Balaban J connectivity index is 1.93. The van der Waals surface area contributed by atoms with Crippen molar-refractivity contribution in [2.45, 2.75) is 51.1 Å². The molecule has 1 aromatic rings. The van der Waals surface area contributed by atoms with E-state index < -0.39 is 0 Å². The molecule has 0 spiro atoms. The van der Waals surface area contributed by atoms with Gasteiger partial charge in [-0.2, -0.15) is 0 Å². The largest absolute Gasteiger partial charge is 0.354 e. The molecule has 1 aromatic carbocycles. The van der Waals surface area contributed by atoms with E-state index in [4.69, 9.17) is 9.47 Å². The van der Waals surface area contributed by atoms with Crippen molar-refractivity contribution in [2.24, 2.45) is 0 Å². The molecule has 0 radical (unpaired) electrons. The number of rotatable bonds is 0. The van der Waals surface area contributed by atoms with Crippen molar-refractivity contribution in [3.8, 4) is 0 Å². The second-order valence-electron chi connectivity index (χ2n) is 6.84. The predicted octanol–water partition coefficient (Wildman–Crippen LogP) is 4.02. The molecule has 5 rings (SSSR count). The molecule has 2 heteroatoms. The standard InChI is InChI=1S/C18H18O2/c1-9-13-11-5-8-18(4,19-11)16(13)10(2)14-12-6-7-17(3,20-12)15(9)14/h5-8,11-12H,1-4H3/t11-,12-,17-,18-/m1/s1. The Morgan fingerprint density at radius 3 is 1.60 bits per heavy atom. The van der Waals surface area contributed by atoms with Gasteiger partial charge < -0.3 is 9.47 Å². The van der Waals surface area contributed by atoms with Gasteiger partial charge in [0, 0.05) is 0 Å². The van der Waals surface area contributed by atoms with Crippen LogP contribution >= 0.6 is 0 Å². The fourth-order valence-corrected chi connectivity index (χ4v) is 4.86. The molecule has 0 unspecified atom stereocenters. The van der Waals surface area contributed by atoms with E-state index in [2.05, 4.69) is 52.0 Å². The van der Waals surface area contributed by atoms with Crippen molar-refractivity contribution in [1.29, 1.82) is 0 Å². The van der Waals surface area contributed by atoms with Crippen LogP contribution in [0.5, 0.6) is 0 Å². The van der Waals surface area contributed by atoms with Crippen molar-refractivity contribution < 1.29 is 9.47 Å². The molecule has 0 saturated heterocycles. The quantitative estimate of drug-likeness (QED) is 0.660. The maximum atomic E-state index is 6.22. The molecule has 0 aliphatic carbocycles. The summed E-state index contributed by atoms with van der Waals surface area (Å²) in [6.07, 6.45) is 9.09. The van der Waals surface area contributed by atoms with Crippen molar-refractivity contribution in [1.82, 2.24) is 0 Å². The molecule has 0 aromatic heterocycles. The zero-order chi connectivity index (χ0) is 13.9. The highest BCUT2D eigenvalue weighted by molar-refractivity contribution is 5.65. The van der Waals surface area contributed by atoms with Crippen LogP contribution in [0.2, 0.25) is 0 Å². The Labute approximate surface area is 119 Å². The van der Waals surface area contributed by atoms with Gasteiger partial charge in [-0.3, -0.25) is 0 Å². The van der Waals surface area contributed by atoms with Crippen molar-refractivity contribution in [3.63, 3.8) is 0 Å². The molecule has 4 atom stereocenters. The number of hydrogen-bond acceptors (Lipinski definition) is 2. The maximum absolute atomic E-state index is 6.22. The molecule has 0 N–H and O–H groups in total. The van der Waals surface area contributed by atoms with Crippen LogP contribution in [0.4, 0.5) is 0 Å². The summed E-state index contributed by atoms with van der Waals surface area (Å²) >= 11 is 0. The van der Waals surface area contributed by atoms with Crippen LogP contribution in [0.1, 0.15) is 59.4 Å². The lowest BCUT2D eigenvalue weighted by Crippen LogP contribution is -2.22. The summed E-state index contributed by atoms with van der Waals surface area (Å²) in [5.74, 6) is 0. The lowest BCUT2D eigenvalue weighted by molar-refractivity contribution is 0.00711.